The fraction of sp³-hybridized carbons (Fsp3) is 0.0811. The quantitative estimate of drug-likeness (QED) is 0.164. The summed E-state index contributed by atoms with van der Waals surface area (Å²) < 4.78 is 16.2. The van der Waals surface area contributed by atoms with Gasteiger partial charge in [0.1, 0.15) is 11.2 Å². The van der Waals surface area contributed by atoms with Crippen molar-refractivity contribution in [2.45, 2.75) is 19.0 Å². The Morgan fingerprint density at radius 2 is 1.00 bits per heavy atom. The van der Waals surface area contributed by atoms with Gasteiger partial charge in [0, 0.05) is 36.9 Å². The van der Waals surface area contributed by atoms with E-state index in [1.165, 1.54) is 16.3 Å². The summed E-state index contributed by atoms with van der Waals surface area (Å²) in [6, 6.07) is 46.2. The molecule has 0 aliphatic rings. The first-order chi connectivity index (χ1) is 19.7. The van der Waals surface area contributed by atoms with Gasteiger partial charge in [-0.2, -0.15) is 0 Å². The van der Waals surface area contributed by atoms with Crippen LogP contribution in [0.25, 0.3) is 43.5 Å². The summed E-state index contributed by atoms with van der Waals surface area (Å²) in [6.07, 6.45) is 0. The molecule has 3 nitrogen and oxygen atoms in total. The number of hydrogen-bond donors (Lipinski definition) is 0. The molecular formula is C37H32IrNO2P-2. The molecule has 1 aromatic heterocycles. The zero-order chi connectivity index (χ0) is 27.1. The third-order valence-electron chi connectivity index (χ3n) is 7.76. The smallest absolute Gasteiger partial charge is 0.308 e. The average molecular weight is 746 g/mol. The Balaban J connectivity index is 0.00000176. The SMILES string of the molecule is [CH2-][C@H](c1ccccc1)N([C@H](C)c1ccccc1)p1oc2ccc3ccccc3c2c2c(ccc3ccccc32)o1.[CH3-].[Ir]. The summed E-state index contributed by atoms with van der Waals surface area (Å²) in [4.78, 5) is 0. The molecule has 0 N–H and O–H groups in total. The van der Waals surface area contributed by atoms with Crippen LogP contribution in [0.5, 0.6) is 0 Å². The predicted molar refractivity (Wildman–Crippen MR) is 175 cm³/mol. The molecule has 213 valence electrons. The first kappa shape index (κ1) is 29.8. The van der Waals surface area contributed by atoms with Crippen molar-refractivity contribution in [2.75, 3.05) is 4.67 Å². The van der Waals surface area contributed by atoms with E-state index in [2.05, 4.69) is 140 Å². The zero-order valence-corrected chi connectivity index (χ0v) is 26.9. The van der Waals surface area contributed by atoms with E-state index in [9.17, 15) is 0 Å². The third kappa shape index (κ3) is 5.33. The van der Waals surface area contributed by atoms with Crippen LogP contribution in [-0.4, -0.2) is 0 Å². The number of nitrogens with zero attached hydrogens (tertiary/aromatic N) is 1. The molecule has 1 radical (unpaired) electrons. The monoisotopic (exact) mass is 746 g/mol. The van der Waals surface area contributed by atoms with Crippen molar-refractivity contribution in [3.8, 4) is 0 Å². The van der Waals surface area contributed by atoms with Gasteiger partial charge in [-0.05, 0) is 46.2 Å². The normalized spacial score (nSPS) is 12.6. The third-order valence-corrected chi connectivity index (χ3v) is 9.46. The molecule has 0 saturated carbocycles. The fourth-order valence-electron chi connectivity index (χ4n) is 5.69. The minimum atomic E-state index is -1.60. The van der Waals surface area contributed by atoms with Gasteiger partial charge in [-0.3, -0.25) is 0 Å². The summed E-state index contributed by atoms with van der Waals surface area (Å²) in [5.74, 6) is 0. The molecule has 0 aliphatic carbocycles. The van der Waals surface area contributed by atoms with Gasteiger partial charge < -0.3 is 22.7 Å². The molecule has 0 saturated heterocycles. The molecule has 0 unspecified atom stereocenters. The second-order valence-corrected chi connectivity index (χ2v) is 11.4. The molecule has 6 aromatic carbocycles. The van der Waals surface area contributed by atoms with Gasteiger partial charge >= 0.3 is 8.16 Å². The van der Waals surface area contributed by atoms with Crippen LogP contribution in [0, 0.1) is 14.4 Å². The minimum absolute atomic E-state index is 0. The van der Waals surface area contributed by atoms with Gasteiger partial charge in [-0.25, -0.2) is 4.67 Å². The molecular weight excluding hydrogens is 714 g/mol. The summed E-state index contributed by atoms with van der Waals surface area (Å²) in [5, 5.41) is 6.78. The molecule has 1 heterocycles. The second kappa shape index (κ2) is 12.7. The van der Waals surface area contributed by atoms with Crippen LogP contribution in [0.15, 0.2) is 142 Å². The van der Waals surface area contributed by atoms with Gasteiger partial charge in [0.2, 0.25) is 0 Å². The Hall–Kier alpha value is -3.65. The van der Waals surface area contributed by atoms with E-state index in [0.717, 1.165) is 38.3 Å². The minimum Gasteiger partial charge on any atom is -0.408 e. The first-order valence-corrected chi connectivity index (χ1v) is 14.7. The molecule has 0 aliphatic heterocycles. The Bertz CT molecular complexity index is 1860. The summed E-state index contributed by atoms with van der Waals surface area (Å²) >= 11 is 0. The largest absolute Gasteiger partial charge is 0.408 e. The maximum Gasteiger partial charge on any atom is 0.308 e. The van der Waals surface area contributed by atoms with Crippen molar-refractivity contribution in [2.24, 2.45) is 0 Å². The van der Waals surface area contributed by atoms with E-state index < -0.39 is 8.16 Å². The number of fused-ring (bicyclic) bond motifs is 7. The standard InChI is InChI=1S/C36H29NO2P.CH3.Ir/c1-25(27-13-5-3-6-14-27)37(26(2)28-15-7-4-8-16-28)40-38-33-23-21-29-17-9-11-19-31(29)35(33)36-32-20-12-10-18-30(32)22-24-34(36)39-40;;/h3-26H,1H2,2H3;1H3;/q2*-1;/t25-,26-;;/m1../s1. The van der Waals surface area contributed by atoms with E-state index in [1.807, 2.05) is 12.1 Å². The van der Waals surface area contributed by atoms with Gasteiger partial charge in [0.15, 0.2) is 0 Å². The van der Waals surface area contributed by atoms with Crippen LogP contribution in [0.1, 0.15) is 30.1 Å². The van der Waals surface area contributed by atoms with E-state index in [4.69, 9.17) is 8.39 Å². The van der Waals surface area contributed by atoms with Gasteiger partial charge in [-0.15, -0.1) is 0 Å². The van der Waals surface area contributed by atoms with Crippen molar-refractivity contribution in [1.29, 1.82) is 0 Å². The van der Waals surface area contributed by atoms with Gasteiger partial charge in [0.25, 0.3) is 0 Å². The van der Waals surface area contributed by atoms with Crippen molar-refractivity contribution in [3.05, 3.63) is 159 Å². The van der Waals surface area contributed by atoms with Gasteiger partial charge in [-0.1, -0.05) is 133 Å². The van der Waals surface area contributed by atoms with Crippen LogP contribution in [0.3, 0.4) is 0 Å². The molecule has 0 bridgehead atoms. The van der Waals surface area contributed by atoms with Crippen molar-refractivity contribution >= 4 is 51.6 Å². The molecule has 0 fully saturated rings. The Labute approximate surface area is 261 Å². The summed E-state index contributed by atoms with van der Waals surface area (Å²) in [7, 11) is -1.60. The molecule has 0 amide bonds. The summed E-state index contributed by atoms with van der Waals surface area (Å²) in [6.45, 7) is 6.86. The van der Waals surface area contributed by atoms with Crippen LogP contribution in [0.2, 0.25) is 0 Å². The Morgan fingerprint density at radius 3 is 1.50 bits per heavy atom. The predicted octanol–water partition coefficient (Wildman–Crippen LogP) is 11.3. The van der Waals surface area contributed by atoms with E-state index in [-0.39, 0.29) is 39.6 Å². The van der Waals surface area contributed by atoms with E-state index in [1.54, 1.807) is 0 Å². The average Bonchev–Trinajstić information content (AvgIpc) is 3.19. The first-order valence-electron chi connectivity index (χ1n) is 13.6. The van der Waals surface area contributed by atoms with Crippen molar-refractivity contribution in [3.63, 3.8) is 0 Å². The van der Waals surface area contributed by atoms with Gasteiger partial charge in [0.05, 0.1) is 0 Å². The van der Waals surface area contributed by atoms with Crippen LogP contribution in [0.4, 0.5) is 0 Å². The Kier molecular flexibility index (Phi) is 9.02. The van der Waals surface area contributed by atoms with E-state index >= 15 is 0 Å². The van der Waals surface area contributed by atoms with Crippen LogP contribution < -0.4 is 4.67 Å². The fourth-order valence-corrected chi connectivity index (χ4v) is 7.33. The maximum atomic E-state index is 6.97. The molecule has 2 atom stereocenters. The number of benzene rings is 6. The van der Waals surface area contributed by atoms with Crippen molar-refractivity contribution in [1.82, 2.24) is 0 Å². The molecule has 5 heteroatoms. The topological polar surface area (TPSA) is 29.5 Å². The molecule has 7 aromatic rings. The number of hydrogen-bond acceptors (Lipinski definition) is 3. The molecule has 42 heavy (non-hydrogen) atoms. The maximum absolute atomic E-state index is 6.97. The second-order valence-electron chi connectivity index (χ2n) is 10.1. The van der Waals surface area contributed by atoms with Crippen molar-refractivity contribution < 1.29 is 28.5 Å². The van der Waals surface area contributed by atoms with Crippen LogP contribution >= 0.6 is 8.16 Å². The molecule has 7 rings (SSSR count). The Morgan fingerprint density at radius 1 is 0.571 bits per heavy atom. The van der Waals surface area contributed by atoms with E-state index in [0.29, 0.717) is 0 Å². The zero-order valence-electron chi connectivity index (χ0n) is 23.6. The number of rotatable bonds is 5. The van der Waals surface area contributed by atoms with Crippen LogP contribution in [-0.2, 0) is 20.1 Å². The summed E-state index contributed by atoms with van der Waals surface area (Å²) in [5.41, 5.74) is 3.95. The molecule has 0 spiro atoms.